The molecule has 1 aliphatic rings. The number of nitrogens with one attached hydrogen (secondary N) is 1. The van der Waals surface area contributed by atoms with E-state index in [4.69, 9.17) is 4.74 Å². The normalized spacial score (nSPS) is 14.4. The molecule has 1 saturated heterocycles. The van der Waals surface area contributed by atoms with Crippen molar-refractivity contribution >= 4 is 23.7 Å². The predicted octanol–water partition coefficient (Wildman–Crippen LogP) is 2.12. The molecule has 1 heterocycles. The summed E-state index contributed by atoms with van der Waals surface area (Å²) in [7, 11) is 1.64. The summed E-state index contributed by atoms with van der Waals surface area (Å²) in [6.07, 6.45) is 1.25. The van der Waals surface area contributed by atoms with E-state index in [0.29, 0.717) is 19.5 Å². The Labute approximate surface area is 122 Å². The summed E-state index contributed by atoms with van der Waals surface area (Å²) in [6.45, 7) is 1.08. The third kappa shape index (κ3) is 3.90. The maximum Gasteiger partial charge on any atom is 0.324 e. The monoisotopic (exact) mass is 294 g/mol. The number of ether oxygens (including phenoxy) is 1. The molecule has 0 unspecified atom stereocenters. The van der Waals surface area contributed by atoms with Crippen molar-refractivity contribution in [3.8, 4) is 5.75 Å². The number of benzene rings is 1. The first kappa shape index (κ1) is 14.7. The SMILES string of the molecule is COc1ccc(SCCNC(=O)N2CCCC2=O)cc1. The van der Waals surface area contributed by atoms with Gasteiger partial charge in [0.15, 0.2) is 0 Å². The van der Waals surface area contributed by atoms with Gasteiger partial charge in [-0.3, -0.25) is 9.69 Å². The van der Waals surface area contributed by atoms with E-state index in [1.165, 1.54) is 4.90 Å². The van der Waals surface area contributed by atoms with Crippen LogP contribution < -0.4 is 10.1 Å². The van der Waals surface area contributed by atoms with Crippen molar-refractivity contribution in [2.24, 2.45) is 0 Å². The van der Waals surface area contributed by atoms with Crippen LogP contribution >= 0.6 is 11.8 Å². The number of methoxy groups -OCH3 is 1. The van der Waals surface area contributed by atoms with Crippen molar-refractivity contribution in [3.63, 3.8) is 0 Å². The average Bonchev–Trinajstić information content (AvgIpc) is 2.90. The van der Waals surface area contributed by atoms with E-state index >= 15 is 0 Å². The fourth-order valence-electron chi connectivity index (χ4n) is 1.96. The molecule has 0 spiro atoms. The molecule has 3 amide bonds. The second-order valence-electron chi connectivity index (χ2n) is 4.40. The van der Waals surface area contributed by atoms with Crippen LogP contribution in [0.25, 0.3) is 0 Å². The second-order valence-corrected chi connectivity index (χ2v) is 5.57. The third-order valence-electron chi connectivity index (χ3n) is 3.03. The molecule has 0 aliphatic carbocycles. The molecule has 20 heavy (non-hydrogen) atoms. The number of imide groups is 1. The van der Waals surface area contributed by atoms with E-state index in [2.05, 4.69) is 5.32 Å². The highest BCUT2D eigenvalue weighted by Crippen LogP contribution is 2.20. The number of hydrogen-bond donors (Lipinski definition) is 1. The number of amides is 3. The van der Waals surface area contributed by atoms with Crippen LogP contribution in [0.1, 0.15) is 12.8 Å². The Morgan fingerprint density at radius 3 is 2.75 bits per heavy atom. The van der Waals surface area contributed by atoms with Gasteiger partial charge in [0.25, 0.3) is 0 Å². The Morgan fingerprint density at radius 1 is 1.40 bits per heavy atom. The van der Waals surface area contributed by atoms with Crippen LogP contribution in [0.3, 0.4) is 0 Å². The fraction of sp³-hybridized carbons (Fsp3) is 0.429. The molecule has 108 valence electrons. The summed E-state index contributed by atoms with van der Waals surface area (Å²) in [6, 6.07) is 7.50. The van der Waals surface area contributed by atoms with Gasteiger partial charge >= 0.3 is 6.03 Å². The summed E-state index contributed by atoms with van der Waals surface area (Å²) in [5.41, 5.74) is 0. The lowest BCUT2D eigenvalue weighted by molar-refractivity contribution is -0.125. The molecule has 5 nitrogen and oxygen atoms in total. The van der Waals surface area contributed by atoms with Crippen molar-refractivity contribution in [2.45, 2.75) is 17.7 Å². The number of likely N-dealkylation sites (tertiary alicyclic amines) is 1. The smallest absolute Gasteiger partial charge is 0.324 e. The van der Waals surface area contributed by atoms with Crippen LogP contribution in [0, 0.1) is 0 Å². The van der Waals surface area contributed by atoms with Gasteiger partial charge in [-0.1, -0.05) is 0 Å². The first-order valence-corrected chi connectivity index (χ1v) is 7.54. The molecule has 0 saturated carbocycles. The van der Waals surface area contributed by atoms with Crippen LogP contribution in [0.15, 0.2) is 29.2 Å². The molecule has 0 bridgehead atoms. The maximum atomic E-state index is 11.7. The molecule has 0 radical (unpaired) electrons. The Bertz CT molecular complexity index is 476. The number of rotatable bonds is 5. The Morgan fingerprint density at radius 2 is 2.15 bits per heavy atom. The summed E-state index contributed by atoms with van der Waals surface area (Å²) in [5, 5.41) is 2.77. The van der Waals surface area contributed by atoms with Crippen LogP contribution in [0.2, 0.25) is 0 Å². The van der Waals surface area contributed by atoms with Crippen LogP contribution in [0.5, 0.6) is 5.75 Å². The van der Waals surface area contributed by atoms with Gasteiger partial charge < -0.3 is 10.1 Å². The quantitative estimate of drug-likeness (QED) is 0.667. The van der Waals surface area contributed by atoms with E-state index in [0.717, 1.165) is 22.8 Å². The summed E-state index contributed by atoms with van der Waals surface area (Å²) in [4.78, 5) is 25.5. The van der Waals surface area contributed by atoms with E-state index in [-0.39, 0.29) is 11.9 Å². The topological polar surface area (TPSA) is 58.6 Å². The number of thioether (sulfide) groups is 1. The number of carbonyl (C=O) groups is 2. The molecule has 1 aromatic carbocycles. The minimum absolute atomic E-state index is 0.0784. The standard InChI is InChI=1S/C14H18N2O3S/c1-19-11-4-6-12(7-5-11)20-10-8-15-14(18)16-9-2-3-13(16)17/h4-7H,2-3,8-10H2,1H3,(H,15,18). The second kappa shape index (κ2) is 7.19. The summed E-state index contributed by atoms with van der Waals surface area (Å²) >= 11 is 1.65. The highest BCUT2D eigenvalue weighted by atomic mass is 32.2. The molecule has 0 aromatic heterocycles. The zero-order valence-corrected chi connectivity index (χ0v) is 12.2. The van der Waals surface area contributed by atoms with Gasteiger partial charge in [0.1, 0.15) is 5.75 Å². The minimum atomic E-state index is -0.275. The van der Waals surface area contributed by atoms with E-state index in [1.807, 2.05) is 24.3 Å². The van der Waals surface area contributed by atoms with Gasteiger partial charge in [0, 0.05) is 30.2 Å². The van der Waals surface area contributed by atoms with E-state index in [1.54, 1.807) is 18.9 Å². The van der Waals surface area contributed by atoms with Crippen molar-refractivity contribution in [3.05, 3.63) is 24.3 Å². The number of hydrogen-bond acceptors (Lipinski definition) is 4. The largest absolute Gasteiger partial charge is 0.497 e. The Kier molecular flexibility index (Phi) is 5.29. The number of urea groups is 1. The first-order valence-electron chi connectivity index (χ1n) is 6.56. The molecular weight excluding hydrogens is 276 g/mol. The van der Waals surface area contributed by atoms with Gasteiger partial charge in [-0.25, -0.2) is 4.79 Å². The highest BCUT2D eigenvalue weighted by Gasteiger charge is 2.25. The third-order valence-corrected chi connectivity index (χ3v) is 4.04. The van der Waals surface area contributed by atoms with Gasteiger partial charge in [-0.2, -0.15) is 0 Å². The lowest BCUT2D eigenvalue weighted by Crippen LogP contribution is -2.41. The van der Waals surface area contributed by atoms with Crippen molar-refractivity contribution in [2.75, 3.05) is 26.0 Å². The first-order chi connectivity index (χ1) is 9.70. The molecule has 1 fully saturated rings. The van der Waals surface area contributed by atoms with Crippen LogP contribution in [-0.2, 0) is 4.79 Å². The van der Waals surface area contributed by atoms with Gasteiger partial charge in [-0.15, -0.1) is 11.8 Å². The molecular formula is C14H18N2O3S. The minimum Gasteiger partial charge on any atom is -0.497 e. The van der Waals surface area contributed by atoms with Gasteiger partial charge in [-0.05, 0) is 30.7 Å². The molecule has 1 N–H and O–H groups in total. The lowest BCUT2D eigenvalue weighted by atomic mass is 10.3. The summed E-state index contributed by atoms with van der Waals surface area (Å²) < 4.78 is 5.09. The van der Waals surface area contributed by atoms with Gasteiger partial charge in [0.2, 0.25) is 5.91 Å². The Hall–Kier alpha value is -1.69. The predicted molar refractivity (Wildman–Crippen MR) is 78.1 cm³/mol. The summed E-state index contributed by atoms with van der Waals surface area (Å²) in [5.74, 6) is 1.51. The molecule has 6 heteroatoms. The van der Waals surface area contributed by atoms with Crippen LogP contribution in [0.4, 0.5) is 4.79 Å². The Balaban J connectivity index is 1.68. The molecule has 0 atom stereocenters. The zero-order valence-electron chi connectivity index (χ0n) is 11.4. The van der Waals surface area contributed by atoms with Crippen molar-refractivity contribution in [1.82, 2.24) is 10.2 Å². The van der Waals surface area contributed by atoms with Crippen molar-refractivity contribution < 1.29 is 14.3 Å². The average molecular weight is 294 g/mol. The van der Waals surface area contributed by atoms with E-state index in [9.17, 15) is 9.59 Å². The fourth-order valence-corrected chi connectivity index (χ4v) is 2.73. The van der Waals surface area contributed by atoms with Crippen molar-refractivity contribution in [1.29, 1.82) is 0 Å². The number of nitrogens with zero attached hydrogens (tertiary/aromatic N) is 1. The lowest BCUT2D eigenvalue weighted by Gasteiger charge is -2.14. The van der Waals surface area contributed by atoms with Crippen LogP contribution in [-0.4, -0.2) is 42.8 Å². The highest BCUT2D eigenvalue weighted by molar-refractivity contribution is 7.99. The number of carbonyl (C=O) groups excluding carboxylic acids is 2. The maximum absolute atomic E-state index is 11.7. The zero-order chi connectivity index (χ0) is 14.4. The van der Waals surface area contributed by atoms with E-state index < -0.39 is 0 Å². The molecule has 2 rings (SSSR count). The van der Waals surface area contributed by atoms with Gasteiger partial charge in [0.05, 0.1) is 7.11 Å². The molecule has 1 aliphatic heterocycles. The molecule has 1 aromatic rings.